The molecule has 2 aromatic rings. The summed E-state index contributed by atoms with van der Waals surface area (Å²) in [4.78, 5) is 0. The van der Waals surface area contributed by atoms with Crippen LogP contribution in [0, 0.1) is 6.92 Å². The van der Waals surface area contributed by atoms with Gasteiger partial charge in [-0.15, -0.1) is 0 Å². The minimum absolute atomic E-state index is 0.712. The summed E-state index contributed by atoms with van der Waals surface area (Å²) in [5.41, 5.74) is 5.57. The topological polar surface area (TPSA) is 18.5 Å². The van der Waals surface area contributed by atoms with Gasteiger partial charge in [0.1, 0.15) is 5.75 Å². The van der Waals surface area contributed by atoms with Crippen LogP contribution in [0.5, 0.6) is 5.75 Å². The van der Waals surface area contributed by atoms with Crippen LogP contribution in [0.3, 0.4) is 0 Å². The lowest BCUT2D eigenvalue weighted by atomic mass is 9.96. The molecule has 3 heteroatoms. The molecule has 0 aliphatic heterocycles. The summed E-state index contributed by atoms with van der Waals surface area (Å²) >= 11 is 3.58. The number of hydrogen-bond donors (Lipinski definition) is 0. The molecule has 0 bridgehead atoms. The van der Waals surface area contributed by atoms with Crippen molar-refractivity contribution in [3.63, 3.8) is 0 Å². The largest absolute Gasteiger partial charge is 0.496 e. The van der Waals surface area contributed by atoms with Gasteiger partial charge in [-0.2, -0.15) is 0 Å². The highest BCUT2D eigenvalue weighted by molar-refractivity contribution is 9.10. The van der Waals surface area contributed by atoms with E-state index in [2.05, 4.69) is 46.8 Å². The van der Waals surface area contributed by atoms with Gasteiger partial charge in [-0.1, -0.05) is 34.6 Å². The molecule has 0 radical (unpaired) electrons. The highest BCUT2D eigenvalue weighted by Gasteiger charge is 2.08. The van der Waals surface area contributed by atoms with Crippen LogP contribution in [0.2, 0.25) is 0 Å². The van der Waals surface area contributed by atoms with E-state index in [9.17, 15) is 0 Å². The lowest BCUT2D eigenvalue weighted by Crippen LogP contribution is -1.97. The summed E-state index contributed by atoms with van der Waals surface area (Å²) in [6.45, 7) is 7.02. The quantitative estimate of drug-likeness (QED) is 0.720. The highest BCUT2D eigenvalue weighted by Crippen LogP contribution is 2.29. The first-order valence-electron chi connectivity index (χ1n) is 7.18. The molecule has 0 aliphatic rings. The average molecular weight is 361 g/mol. The van der Waals surface area contributed by atoms with Gasteiger partial charge in [-0.3, -0.25) is 0 Å². The standard InChI is InChI=1S/C19H21BrO2/c1-13-9-16(5-6-19(13)22-4)14(2)17-10-15(7-8-21-3)11-18(20)12-17/h5-6,9-12H,2,7-8H2,1,3-4H3. The third-order valence-corrected chi connectivity index (χ3v) is 4.10. The van der Waals surface area contributed by atoms with E-state index in [1.165, 1.54) is 5.56 Å². The van der Waals surface area contributed by atoms with E-state index in [0.29, 0.717) is 6.61 Å². The minimum atomic E-state index is 0.712. The SMILES string of the molecule is C=C(c1cc(Br)cc(CCOC)c1)c1ccc(OC)c(C)c1. The van der Waals surface area contributed by atoms with Crippen molar-refractivity contribution in [1.82, 2.24) is 0 Å². The number of ether oxygens (including phenoxy) is 2. The molecule has 0 heterocycles. The van der Waals surface area contributed by atoms with Gasteiger partial charge in [0.05, 0.1) is 13.7 Å². The summed E-state index contributed by atoms with van der Waals surface area (Å²) in [5, 5.41) is 0. The van der Waals surface area contributed by atoms with Crippen LogP contribution in [0.1, 0.15) is 22.3 Å². The maximum atomic E-state index is 5.32. The van der Waals surface area contributed by atoms with Crippen molar-refractivity contribution in [2.45, 2.75) is 13.3 Å². The Labute approximate surface area is 140 Å². The first-order valence-corrected chi connectivity index (χ1v) is 7.97. The maximum Gasteiger partial charge on any atom is 0.121 e. The molecule has 0 N–H and O–H groups in total. The van der Waals surface area contributed by atoms with Gasteiger partial charge in [0.15, 0.2) is 0 Å². The average Bonchev–Trinajstić information content (AvgIpc) is 2.51. The van der Waals surface area contributed by atoms with Gasteiger partial charge >= 0.3 is 0 Å². The van der Waals surface area contributed by atoms with Gasteiger partial charge in [0.25, 0.3) is 0 Å². The number of methoxy groups -OCH3 is 2. The van der Waals surface area contributed by atoms with Crippen LogP contribution in [0.15, 0.2) is 47.4 Å². The maximum absolute atomic E-state index is 5.32. The Balaban J connectivity index is 2.32. The van der Waals surface area contributed by atoms with Crippen LogP contribution in [0.25, 0.3) is 5.57 Å². The predicted molar refractivity (Wildman–Crippen MR) is 95.6 cm³/mol. The van der Waals surface area contributed by atoms with Gasteiger partial charge in [-0.05, 0) is 65.4 Å². The Morgan fingerprint density at radius 3 is 2.50 bits per heavy atom. The number of rotatable bonds is 6. The van der Waals surface area contributed by atoms with Crippen LogP contribution < -0.4 is 4.74 Å². The minimum Gasteiger partial charge on any atom is -0.496 e. The first kappa shape index (κ1) is 16.8. The van der Waals surface area contributed by atoms with E-state index in [4.69, 9.17) is 9.47 Å². The van der Waals surface area contributed by atoms with Crippen LogP contribution in [-0.4, -0.2) is 20.8 Å². The fourth-order valence-electron chi connectivity index (χ4n) is 2.42. The second kappa shape index (κ2) is 7.61. The zero-order valence-corrected chi connectivity index (χ0v) is 14.9. The molecule has 2 nitrogen and oxygen atoms in total. The molecule has 0 unspecified atom stereocenters. The fourth-order valence-corrected chi connectivity index (χ4v) is 2.96. The van der Waals surface area contributed by atoms with Crippen molar-refractivity contribution in [2.75, 3.05) is 20.8 Å². The molecule has 22 heavy (non-hydrogen) atoms. The van der Waals surface area contributed by atoms with Crippen molar-refractivity contribution >= 4 is 21.5 Å². The molecule has 0 aliphatic carbocycles. The Bertz CT molecular complexity index is 677. The number of benzene rings is 2. The number of aryl methyl sites for hydroxylation is 1. The molecule has 0 atom stereocenters. The molecule has 116 valence electrons. The zero-order chi connectivity index (χ0) is 16.1. The second-order valence-corrected chi connectivity index (χ2v) is 6.17. The Hall–Kier alpha value is -1.58. The zero-order valence-electron chi connectivity index (χ0n) is 13.3. The summed E-state index contributed by atoms with van der Waals surface area (Å²) in [6, 6.07) is 12.5. The normalized spacial score (nSPS) is 10.5. The van der Waals surface area contributed by atoms with Gasteiger partial charge in [0, 0.05) is 11.6 Å². The van der Waals surface area contributed by atoms with Crippen molar-refractivity contribution in [3.05, 3.63) is 69.7 Å². The van der Waals surface area contributed by atoms with Gasteiger partial charge in [0.2, 0.25) is 0 Å². The van der Waals surface area contributed by atoms with Crippen molar-refractivity contribution in [1.29, 1.82) is 0 Å². The molecular formula is C19H21BrO2. The fraction of sp³-hybridized carbons (Fsp3) is 0.263. The van der Waals surface area contributed by atoms with Crippen molar-refractivity contribution in [3.8, 4) is 5.75 Å². The molecule has 0 saturated carbocycles. The lowest BCUT2D eigenvalue weighted by Gasteiger charge is -2.12. The molecule has 2 rings (SSSR count). The van der Waals surface area contributed by atoms with E-state index >= 15 is 0 Å². The molecule has 0 aromatic heterocycles. The predicted octanol–water partition coefficient (Wildman–Crippen LogP) is 5.02. The Kier molecular flexibility index (Phi) is 5.81. The summed E-state index contributed by atoms with van der Waals surface area (Å²) in [6.07, 6.45) is 0.887. The Morgan fingerprint density at radius 2 is 1.86 bits per heavy atom. The number of halogens is 1. The smallest absolute Gasteiger partial charge is 0.121 e. The third kappa shape index (κ3) is 3.99. The molecule has 2 aromatic carbocycles. The highest BCUT2D eigenvalue weighted by atomic mass is 79.9. The monoisotopic (exact) mass is 360 g/mol. The molecule has 0 fully saturated rings. The summed E-state index contributed by atoms with van der Waals surface area (Å²) in [5.74, 6) is 0.895. The number of hydrogen-bond acceptors (Lipinski definition) is 2. The van der Waals surface area contributed by atoms with E-state index in [-0.39, 0.29) is 0 Å². The summed E-state index contributed by atoms with van der Waals surface area (Å²) in [7, 11) is 3.41. The second-order valence-electron chi connectivity index (χ2n) is 5.25. The Morgan fingerprint density at radius 1 is 1.09 bits per heavy atom. The molecule has 0 spiro atoms. The van der Waals surface area contributed by atoms with Crippen LogP contribution in [-0.2, 0) is 11.2 Å². The van der Waals surface area contributed by atoms with E-state index in [1.54, 1.807) is 14.2 Å². The van der Waals surface area contributed by atoms with E-state index < -0.39 is 0 Å². The third-order valence-electron chi connectivity index (χ3n) is 3.64. The molecular weight excluding hydrogens is 340 g/mol. The van der Waals surface area contributed by atoms with E-state index in [1.807, 2.05) is 19.1 Å². The van der Waals surface area contributed by atoms with Gasteiger partial charge < -0.3 is 9.47 Å². The first-order chi connectivity index (χ1) is 10.5. The van der Waals surface area contributed by atoms with Crippen molar-refractivity contribution in [2.24, 2.45) is 0 Å². The lowest BCUT2D eigenvalue weighted by molar-refractivity contribution is 0.202. The van der Waals surface area contributed by atoms with Crippen molar-refractivity contribution < 1.29 is 9.47 Å². The molecule has 0 amide bonds. The summed E-state index contributed by atoms with van der Waals surface area (Å²) < 4.78 is 11.5. The molecule has 0 saturated heterocycles. The van der Waals surface area contributed by atoms with Crippen LogP contribution in [0.4, 0.5) is 0 Å². The van der Waals surface area contributed by atoms with Crippen LogP contribution >= 0.6 is 15.9 Å². The van der Waals surface area contributed by atoms with Gasteiger partial charge in [-0.25, -0.2) is 0 Å². The van der Waals surface area contributed by atoms with E-state index in [0.717, 1.165) is 38.9 Å².